The van der Waals surface area contributed by atoms with Crippen molar-refractivity contribution in [1.29, 1.82) is 0 Å². The first-order chi connectivity index (χ1) is 14.4. The van der Waals surface area contributed by atoms with Crippen molar-refractivity contribution in [3.8, 4) is 0 Å². The number of fused-ring (bicyclic) bond motifs is 2. The summed E-state index contributed by atoms with van der Waals surface area (Å²) >= 11 is 0. The van der Waals surface area contributed by atoms with Gasteiger partial charge >= 0.3 is 0 Å². The maximum atomic E-state index is 10.8. The smallest absolute Gasteiger partial charge is 0.0594 e. The van der Waals surface area contributed by atoms with E-state index in [4.69, 9.17) is 0 Å². The van der Waals surface area contributed by atoms with E-state index in [1.807, 2.05) is 0 Å². The Morgan fingerprint density at radius 3 is 2.13 bits per heavy atom. The molecule has 0 saturated heterocycles. The van der Waals surface area contributed by atoms with E-state index in [0.29, 0.717) is 21.7 Å². The summed E-state index contributed by atoms with van der Waals surface area (Å²) in [7, 11) is 0. The van der Waals surface area contributed by atoms with Gasteiger partial charge in [-0.25, -0.2) is 0 Å². The third-order valence-electron chi connectivity index (χ3n) is 13.3. The average Bonchev–Trinajstić information content (AvgIpc) is 3.27. The fourth-order valence-electron chi connectivity index (χ4n) is 11.3. The second-order valence-electron chi connectivity index (χ2n) is 14.8. The van der Waals surface area contributed by atoms with Gasteiger partial charge in [-0.1, -0.05) is 67.7 Å². The molecule has 0 aromatic heterocycles. The van der Waals surface area contributed by atoms with Crippen LogP contribution < -0.4 is 0 Å². The maximum Gasteiger partial charge on any atom is 0.0594 e. The number of aliphatic hydroxyl groups excluding tert-OH is 1. The molecule has 9 atom stereocenters. The van der Waals surface area contributed by atoms with Gasteiger partial charge in [0.05, 0.1) is 6.10 Å². The van der Waals surface area contributed by atoms with Gasteiger partial charge in [0.1, 0.15) is 0 Å². The Morgan fingerprint density at radius 2 is 1.42 bits per heavy atom. The van der Waals surface area contributed by atoms with Crippen molar-refractivity contribution in [2.75, 3.05) is 0 Å². The van der Waals surface area contributed by atoms with Crippen molar-refractivity contribution in [3.63, 3.8) is 0 Å². The molecule has 5 aliphatic rings. The van der Waals surface area contributed by atoms with Crippen molar-refractivity contribution in [1.82, 2.24) is 0 Å². The van der Waals surface area contributed by atoms with Gasteiger partial charge < -0.3 is 5.11 Å². The van der Waals surface area contributed by atoms with Crippen LogP contribution in [0, 0.1) is 56.7 Å². The molecule has 2 spiro atoms. The zero-order chi connectivity index (χ0) is 22.4. The lowest BCUT2D eigenvalue weighted by molar-refractivity contribution is -0.161. The highest BCUT2D eigenvalue weighted by Gasteiger charge is 2.82. The Kier molecular flexibility index (Phi) is 5.13. The molecule has 178 valence electrons. The van der Waals surface area contributed by atoms with Crippen LogP contribution in [0.4, 0.5) is 0 Å². The van der Waals surface area contributed by atoms with Gasteiger partial charge in [0.15, 0.2) is 0 Å². The Hall–Kier alpha value is -0.0400. The number of hydrogen-bond acceptors (Lipinski definition) is 1. The first-order valence-electron chi connectivity index (χ1n) is 14.1. The zero-order valence-corrected chi connectivity index (χ0v) is 21.9. The van der Waals surface area contributed by atoms with Gasteiger partial charge in [-0.05, 0) is 114 Å². The molecule has 5 fully saturated rings. The molecule has 1 nitrogen and oxygen atoms in total. The molecular weight excluding hydrogens is 376 g/mol. The van der Waals surface area contributed by atoms with E-state index >= 15 is 0 Å². The largest absolute Gasteiger partial charge is 0.393 e. The lowest BCUT2D eigenvalue weighted by Gasteiger charge is -2.63. The van der Waals surface area contributed by atoms with Crippen molar-refractivity contribution >= 4 is 0 Å². The summed E-state index contributed by atoms with van der Waals surface area (Å²) in [5.74, 6) is 4.41. The molecule has 5 aliphatic carbocycles. The van der Waals surface area contributed by atoms with Crippen LogP contribution in [0.5, 0.6) is 0 Å². The molecule has 1 heteroatoms. The summed E-state index contributed by atoms with van der Waals surface area (Å²) in [4.78, 5) is 0. The molecule has 31 heavy (non-hydrogen) atoms. The van der Waals surface area contributed by atoms with Crippen molar-refractivity contribution in [2.45, 2.75) is 132 Å². The van der Waals surface area contributed by atoms with Crippen LogP contribution in [0.25, 0.3) is 0 Å². The van der Waals surface area contributed by atoms with Crippen LogP contribution in [0.1, 0.15) is 126 Å². The van der Waals surface area contributed by atoms with Crippen LogP contribution >= 0.6 is 0 Å². The van der Waals surface area contributed by atoms with Gasteiger partial charge in [0.25, 0.3) is 0 Å². The van der Waals surface area contributed by atoms with Crippen molar-refractivity contribution in [3.05, 3.63) is 0 Å². The minimum Gasteiger partial charge on any atom is -0.393 e. The molecular formula is C30H52O. The molecule has 0 amide bonds. The maximum absolute atomic E-state index is 10.8. The van der Waals surface area contributed by atoms with Gasteiger partial charge in [-0.2, -0.15) is 0 Å². The fraction of sp³-hybridized carbons (Fsp3) is 1.00. The van der Waals surface area contributed by atoms with E-state index in [1.165, 1.54) is 70.6 Å². The zero-order valence-electron chi connectivity index (χ0n) is 21.9. The normalized spacial score (nSPS) is 53.3. The first-order valence-corrected chi connectivity index (χ1v) is 14.1. The topological polar surface area (TPSA) is 20.2 Å². The highest BCUT2D eigenvalue weighted by Crippen LogP contribution is 2.89. The monoisotopic (exact) mass is 428 g/mol. The van der Waals surface area contributed by atoms with E-state index in [1.54, 1.807) is 0 Å². The van der Waals surface area contributed by atoms with Gasteiger partial charge in [0, 0.05) is 0 Å². The molecule has 0 aliphatic heterocycles. The molecule has 5 rings (SSSR count). The van der Waals surface area contributed by atoms with Crippen LogP contribution in [0.3, 0.4) is 0 Å². The van der Waals surface area contributed by atoms with E-state index in [2.05, 4.69) is 48.5 Å². The predicted octanol–water partition coefficient (Wildman–Crippen LogP) is 8.25. The third-order valence-corrected chi connectivity index (χ3v) is 13.3. The van der Waals surface area contributed by atoms with E-state index in [0.717, 1.165) is 36.0 Å². The summed E-state index contributed by atoms with van der Waals surface area (Å²) in [6, 6.07) is 0. The highest BCUT2D eigenvalue weighted by atomic mass is 16.3. The molecule has 5 saturated carbocycles. The number of hydrogen-bond donors (Lipinski definition) is 1. The van der Waals surface area contributed by atoms with E-state index in [-0.39, 0.29) is 11.5 Å². The molecule has 0 aromatic carbocycles. The molecule has 3 unspecified atom stereocenters. The minimum atomic E-state index is -0.0793. The Balaban J connectivity index is 1.39. The van der Waals surface area contributed by atoms with Crippen molar-refractivity contribution in [2.24, 2.45) is 56.7 Å². The van der Waals surface area contributed by atoms with Crippen LogP contribution in [0.15, 0.2) is 0 Å². The highest BCUT2D eigenvalue weighted by molar-refractivity contribution is 5.30. The van der Waals surface area contributed by atoms with Crippen LogP contribution in [0.2, 0.25) is 0 Å². The Labute approximate surface area is 193 Å². The van der Waals surface area contributed by atoms with Crippen LogP contribution in [-0.4, -0.2) is 11.2 Å². The number of aliphatic hydroxyl groups is 1. The summed E-state index contributed by atoms with van der Waals surface area (Å²) in [6.07, 6.45) is 16.9. The second-order valence-corrected chi connectivity index (χ2v) is 14.8. The lowest BCUT2D eigenvalue weighted by atomic mass is 9.41. The fourth-order valence-corrected chi connectivity index (χ4v) is 11.3. The summed E-state index contributed by atoms with van der Waals surface area (Å²) < 4.78 is 0. The summed E-state index contributed by atoms with van der Waals surface area (Å²) in [5, 5.41) is 10.8. The van der Waals surface area contributed by atoms with Crippen molar-refractivity contribution < 1.29 is 5.11 Å². The predicted molar refractivity (Wildman–Crippen MR) is 131 cm³/mol. The van der Waals surface area contributed by atoms with Gasteiger partial charge in [0.2, 0.25) is 0 Å². The van der Waals surface area contributed by atoms with E-state index < -0.39 is 0 Å². The minimum absolute atomic E-state index is 0.0793. The summed E-state index contributed by atoms with van der Waals surface area (Å²) in [6.45, 7) is 17.7. The van der Waals surface area contributed by atoms with Gasteiger partial charge in [-0.3, -0.25) is 0 Å². The lowest BCUT2D eigenvalue weighted by Crippen LogP contribution is -2.57. The molecule has 0 bridgehead atoms. The standard InChI is InChI=1S/C30H52O/c1-20(2)9-8-10-21(3)22-13-15-28(7)24-12-11-23-26(4,5)25(31)14-16-29(23)19-30(24,29)18-17-27(22,28)6/h20-25,31H,8-19H2,1-7H3/t21-,22?,23?,24?,25+,27-,28+,29+,30+/m1/s1. The molecule has 0 aromatic rings. The van der Waals surface area contributed by atoms with Crippen LogP contribution in [-0.2, 0) is 0 Å². The Morgan fingerprint density at radius 1 is 0.742 bits per heavy atom. The second kappa shape index (κ2) is 6.99. The Bertz CT molecular complexity index is 709. The third kappa shape index (κ3) is 2.77. The average molecular weight is 429 g/mol. The first kappa shape index (κ1) is 22.7. The van der Waals surface area contributed by atoms with E-state index in [9.17, 15) is 5.11 Å². The van der Waals surface area contributed by atoms with Gasteiger partial charge in [-0.15, -0.1) is 0 Å². The number of rotatable bonds is 5. The quantitative estimate of drug-likeness (QED) is 0.467. The molecule has 0 heterocycles. The molecule has 0 radical (unpaired) electrons. The SMILES string of the molecule is CC(C)CCC[C@@H](C)C1CC[C@@]2(C)C3CCC4C(C)(C)[C@@H](O)CC[C@]45C[C@@]35CC[C@]12C. The summed E-state index contributed by atoms with van der Waals surface area (Å²) in [5.41, 5.74) is 2.45. The molecule has 1 N–H and O–H groups in total.